The third-order valence-electron chi connectivity index (χ3n) is 5.22. The topological polar surface area (TPSA) is 0 Å². The number of hydrogen-bond donors (Lipinski definition) is 0. The molecule has 0 bridgehead atoms. The van der Waals surface area contributed by atoms with Gasteiger partial charge in [0.2, 0.25) is 0 Å². The van der Waals surface area contributed by atoms with E-state index < -0.39 is 0 Å². The second kappa shape index (κ2) is 6.46. The van der Waals surface area contributed by atoms with Gasteiger partial charge in [-0.15, -0.1) is 0 Å². The van der Waals surface area contributed by atoms with Crippen molar-refractivity contribution in [2.45, 2.75) is 69.9 Å². The Bertz CT molecular complexity index is 446. The fourth-order valence-electron chi connectivity index (χ4n) is 4.05. The fourth-order valence-corrected chi connectivity index (χ4v) is 10.9. The molecular formula is C18H28P2. The van der Waals surface area contributed by atoms with Crippen LogP contribution in [0.15, 0.2) is 24.3 Å². The number of hydrogen-bond acceptors (Lipinski definition) is 0. The van der Waals surface area contributed by atoms with Gasteiger partial charge in [0.15, 0.2) is 0 Å². The minimum absolute atomic E-state index is 0.0889. The van der Waals surface area contributed by atoms with Crippen molar-refractivity contribution < 1.29 is 0 Å². The van der Waals surface area contributed by atoms with Gasteiger partial charge in [-0.1, -0.05) is 67.3 Å². The Morgan fingerprint density at radius 3 is 2.10 bits per heavy atom. The van der Waals surface area contributed by atoms with Crippen molar-refractivity contribution >= 4 is 26.5 Å². The molecule has 0 saturated carbocycles. The second-order valence-electron chi connectivity index (χ2n) is 6.71. The Labute approximate surface area is 127 Å². The van der Waals surface area contributed by atoms with E-state index in [4.69, 9.17) is 0 Å². The monoisotopic (exact) mass is 306 g/mol. The SMILES string of the molecule is C[C@@H]1CC[C@@H](C)P1c1ccccc1P1CCCC[C@@H]1C. The Kier molecular flexibility index (Phi) is 4.84. The fraction of sp³-hybridized carbons (Fsp3) is 0.667. The average Bonchev–Trinajstić information content (AvgIpc) is 2.79. The largest absolute Gasteiger partial charge is 0.0717 e. The summed E-state index contributed by atoms with van der Waals surface area (Å²) in [5, 5.41) is 3.58. The molecule has 0 amide bonds. The molecule has 1 aromatic carbocycles. The van der Waals surface area contributed by atoms with Crippen LogP contribution in [0.2, 0.25) is 0 Å². The van der Waals surface area contributed by atoms with Crippen molar-refractivity contribution in [3.8, 4) is 0 Å². The summed E-state index contributed by atoms with van der Waals surface area (Å²) < 4.78 is 0. The van der Waals surface area contributed by atoms with Gasteiger partial charge < -0.3 is 0 Å². The van der Waals surface area contributed by atoms with Gasteiger partial charge in [0.05, 0.1) is 0 Å². The summed E-state index contributed by atoms with van der Waals surface area (Å²) in [7, 11) is 0.202. The molecule has 0 nitrogen and oxygen atoms in total. The van der Waals surface area contributed by atoms with Gasteiger partial charge in [-0.2, -0.15) is 0 Å². The van der Waals surface area contributed by atoms with Gasteiger partial charge in [0.25, 0.3) is 0 Å². The Morgan fingerprint density at radius 1 is 0.800 bits per heavy atom. The highest BCUT2D eigenvalue weighted by atomic mass is 31.1. The summed E-state index contributed by atoms with van der Waals surface area (Å²) in [6.07, 6.45) is 8.78. The van der Waals surface area contributed by atoms with Crippen LogP contribution in [0.3, 0.4) is 0 Å². The maximum atomic E-state index is 2.51. The molecule has 0 N–H and O–H groups in total. The van der Waals surface area contributed by atoms with Crippen LogP contribution in [0.25, 0.3) is 0 Å². The zero-order valence-corrected chi connectivity index (χ0v) is 15.0. The van der Waals surface area contributed by atoms with Crippen LogP contribution in [0.5, 0.6) is 0 Å². The van der Waals surface area contributed by atoms with E-state index in [9.17, 15) is 0 Å². The van der Waals surface area contributed by atoms with Crippen LogP contribution in [0.4, 0.5) is 0 Å². The lowest BCUT2D eigenvalue weighted by atomic mass is 10.2. The molecule has 2 aliphatic heterocycles. The Hall–Kier alpha value is 0.0800. The summed E-state index contributed by atoms with van der Waals surface area (Å²) in [6, 6.07) is 9.57. The van der Waals surface area contributed by atoms with Gasteiger partial charge in [-0.05, 0) is 59.4 Å². The lowest BCUT2D eigenvalue weighted by molar-refractivity contribution is 0.682. The van der Waals surface area contributed by atoms with E-state index in [0.717, 1.165) is 17.0 Å². The van der Waals surface area contributed by atoms with Gasteiger partial charge in [-0.25, -0.2) is 0 Å². The average molecular weight is 306 g/mol. The standard InChI is InChI=1S/C18H28P2/c1-14-8-6-7-13-19(14)17-9-4-5-10-18(17)20-15(2)11-12-16(20)3/h4-5,9-10,14-16H,6-8,11-13H2,1-3H3/t14-,15+,16+,19?/m0/s1. The first-order chi connectivity index (χ1) is 9.68. The first-order valence-corrected chi connectivity index (χ1v) is 11.4. The quantitative estimate of drug-likeness (QED) is 0.671. The van der Waals surface area contributed by atoms with Gasteiger partial charge in [0.1, 0.15) is 0 Å². The third-order valence-corrected chi connectivity index (χ3v) is 11.9. The lowest BCUT2D eigenvalue weighted by Crippen LogP contribution is -2.30. The van der Waals surface area contributed by atoms with Crippen molar-refractivity contribution in [1.29, 1.82) is 0 Å². The summed E-state index contributed by atoms with van der Waals surface area (Å²) in [6.45, 7) is 7.52. The molecule has 20 heavy (non-hydrogen) atoms. The van der Waals surface area contributed by atoms with Crippen LogP contribution in [0, 0.1) is 0 Å². The minimum atomic E-state index is 0.0889. The molecule has 2 heterocycles. The van der Waals surface area contributed by atoms with Gasteiger partial charge in [0, 0.05) is 0 Å². The highest BCUT2D eigenvalue weighted by Gasteiger charge is 2.34. The maximum absolute atomic E-state index is 2.51. The molecule has 0 aromatic heterocycles. The van der Waals surface area contributed by atoms with Gasteiger partial charge in [-0.3, -0.25) is 0 Å². The Balaban J connectivity index is 1.95. The third kappa shape index (κ3) is 2.84. The van der Waals surface area contributed by atoms with Crippen LogP contribution < -0.4 is 10.6 Å². The van der Waals surface area contributed by atoms with E-state index in [2.05, 4.69) is 45.0 Å². The van der Waals surface area contributed by atoms with Crippen LogP contribution in [-0.2, 0) is 0 Å². The molecule has 3 rings (SSSR count). The minimum Gasteiger partial charge on any atom is -0.0717 e. The van der Waals surface area contributed by atoms with Crippen LogP contribution >= 0.6 is 15.8 Å². The predicted octanol–water partition coefficient (Wildman–Crippen LogP) is 5.04. The van der Waals surface area contributed by atoms with E-state index >= 15 is 0 Å². The van der Waals surface area contributed by atoms with E-state index in [1.54, 1.807) is 10.6 Å². The molecule has 1 unspecified atom stereocenters. The molecule has 2 fully saturated rings. The first kappa shape index (κ1) is 15.0. The van der Waals surface area contributed by atoms with Gasteiger partial charge >= 0.3 is 0 Å². The molecule has 1 aromatic rings. The van der Waals surface area contributed by atoms with Crippen molar-refractivity contribution in [3.63, 3.8) is 0 Å². The van der Waals surface area contributed by atoms with Crippen LogP contribution in [-0.4, -0.2) is 23.1 Å². The molecule has 2 saturated heterocycles. The van der Waals surface area contributed by atoms with E-state index in [1.807, 2.05) is 0 Å². The molecule has 2 heteroatoms. The van der Waals surface area contributed by atoms with Crippen molar-refractivity contribution in [2.75, 3.05) is 6.16 Å². The number of rotatable bonds is 2. The van der Waals surface area contributed by atoms with E-state index in [0.29, 0.717) is 0 Å². The zero-order valence-electron chi connectivity index (χ0n) is 13.2. The smallest absolute Gasteiger partial charge is 0.0158 e. The zero-order chi connectivity index (χ0) is 14.1. The van der Waals surface area contributed by atoms with Crippen molar-refractivity contribution in [3.05, 3.63) is 24.3 Å². The van der Waals surface area contributed by atoms with Crippen LogP contribution in [0.1, 0.15) is 52.9 Å². The highest BCUT2D eigenvalue weighted by Crippen LogP contribution is 2.56. The van der Waals surface area contributed by atoms with Crippen molar-refractivity contribution in [1.82, 2.24) is 0 Å². The predicted molar refractivity (Wildman–Crippen MR) is 95.9 cm³/mol. The number of benzene rings is 1. The molecular weight excluding hydrogens is 278 g/mol. The molecule has 2 aliphatic rings. The van der Waals surface area contributed by atoms with E-state index in [1.165, 1.54) is 38.3 Å². The molecule has 4 atom stereocenters. The second-order valence-corrected chi connectivity index (χ2v) is 12.5. The van der Waals surface area contributed by atoms with E-state index in [-0.39, 0.29) is 15.8 Å². The van der Waals surface area contributed by atoms with Crippen molar-refractivity contribution in [2.24, 2.45) is 0 Å². The lowest BCUT2D eigenvalue weighted by Gasteiger charge is -2.34. The first-order valence-electron chi connectivity index (χ1n) is 8.32. The highest BCUT2D eigenvalue weighted by molar-refractivity contribution is 7.73. The summed E-state index contributed by atoms with van der Waals surface area (Å²) in [5.74, 6) is 0. The molecule has 110 valence electrons. The molecule has 0 radical (unpaired) electrons. The molecule has 0 spiro atoms. The summed E-state index contributed by atoms with van der Waals surface area (Å²) in [5.41, 5.74) is 2.83. The maximum Gasteiger partial charge on any atom is -0.0158 e. The summed E-state index contributed by atoms with van der Waals surface area (Å²) in [4.78, 5) is 0. The Morgan fingerprint density at radius 2 is 1.45 bits per heavy atom. The molecule has 0 aliphatic carbocycles. The summed E-state index contributed by atoms with van der Waals surface area (Å²) >= 11 is 0. The normalized spacial score (nSPS) is 35.4.